The fraction of sp³-hybridized carbons (Fsp3) is 0.500. The van der Waals surface area contributed by atoms with Crippen LogP contribution < -0.4 is 5.73 Å². The van der Waals surface area contributed by atoms with Crippen molar-refractivity contribution in [3.05, 3.63) is 29.1 Å². The molecule has 0 bridgehead atoms. The van der Waals surface area contributed by atoms with E-state index >= 15 is 0 Å². The van der Waals surface area contributed by atoms with E-state index < -0.39 is 5.82 Å². The first-order chi connectivity index (χ1) is 8.51. The average molecular weight is 252 g/mol. The summed E-state index contributed by atoms with van der Waals surface area (Å²) in [6.45, 7) is 6.91. The number of nitrogens with two attached hydrogens (primary N) is 1. The molecule has 2 N–H and O–H groups in total. The van der Waals surface area contributed by atoms with E-state index in [4.69, 9.17) is 5.73 Å². The molecule has 0 radical (unpaired) electrons. The summed E-state index contributed by atoms with van der Waals surface area (Å²) in [5, 5.41) is 0. The molecule has 0 aromatic heterocycles. The van der Waals surface area contributed by atoms with Crippen LogP contribution in [-0.4, -0.2) is 23.9 Å². The van der Waals surface area contributed by atoms with Crippen LogP contribution in [-0.2, 0) is 0 Å². The molecule has 1 aromatic carbocycles. The van der Waals surface area contributed by atoms with E-state index in [1.54, 1.807) is 17.9 Å². The lowest BCUT2D eigenvalue weighted by Crippen LogP contribution is -2.31. The molecular formula is C14H21FN2O. The summed E-state index contributed by atoms with van der Waals surface area (Å²) in [6, 6.07) is 2.82. The van der Waals surface area contributed by atoms with Crippen molar-refractivity contribution in [2.45, 2.75) is 33.6 Å². The largest absolute Gasteiger partial charge is 0.398 e. The number of hydrogen-bond donors (Lipinski definition) is 1. The van der Waals surface area contributed by atoms with Gasteiger partial charge in [0.15, 0.2) is 0 Å². The van der Waals surface area contributed by atoms with E-state index in [2.05, 4.69) is 6.92 Å². The molecule has 0 fully saturated rings. The lowest BCUT2D eigenvalue weighted by atomic mass is 10.1. The quantitative estimate of drug-likeness (QED) is 0.819. The maximum Gasteiger partial charge on any atom is 0.254 e. The predicted octanol–water partition coefficient (Wildman–Crippen LogP) is 2.98. The molecule has 4 heteroatoms. The van der Waals surface area contributed by atoms with Gasteiger partial charge in [-0.05, 0) is 32.4 Å². The van der Waals surface area contributed by atoms with Gasteiger partial charge >= 0.3 is 0 Å². The molecule has 1 rings (SSSR count). The fourth-order valence-corrected chi connectivity index (χ4v) is 1.76. The molecule has 3 nitrogen and oxygen atoms in total. The SMILES string of the molecule is CCCCN(CC)C(=O)c1cc(N)c(C)c(F)c1. The summed E-state index contributed by atoms with van der Waals surface area (Å²) in [6.07, 6.45) is 1.97. The van der Waals surface area contributed by atoms with Crippen LogP contribution >= 0.6 is 0 Å². The first kappa shape index (κ1) is 14.5. The number of unbranched alkanes of at least 4 members (excludes halogenated alkanes) is 1. The van der Waals surface area contributed by atoms with E-state index in [-0.39, 0.29) is 5.91 Å². The molecular weight excluding hydrogens is 231 g/mol. The molecule has 0 saturated heterocycles. The third-order valence-electron chi connectivity index (χ3n) is 3.08. The lowest BCUT2D eigenvalue weighted by molar-refractivity contribution is 0.0762. The van der Waals surface area contributed by atoms with E-state index in [1.165, 1.54) is 6.07 Å². The van der Waals surface area contributed by atoms with Crippen molar-refractivity contribution in [2.24, 2.45) is 0 Å². The van der Waals surface area contributed by atoms with Crippen LogP contribution in [0.1, 0.15) is 42.6 Å². The Morgan fingerprint density at radius 3 is 2.56 bits per heavy atom. The summed E-state index contributed by atoms with van der Waals surface area (Å²) >= 11 is 0. The average Bonchev–Trinajstić information content (AvgIpc) is 2.36. The minimum Gasteiger partial charge on any atom is -0.398 e. The van der Waals surface area contributed by atoms with Gasteiger partial charge in [-0.1, -0.05) is 13.3 Å². The van der Waals surface area contributed by atoms with E-state index in [0.717, 1.165) is 12.8 Å². The summed E-state index contributed by atoms with van der Waals surface area (Å²) < 4.78 is 13.6. The van der Waals surface area contributed by atoms with E-state index in [1.807, 2.05) is 6.92 Å². The van der Waals surface area contributed by atoms with Gasteiger partial charge in [-0.3, -0.25) is 4.79 Å². The second kappa shape index (κ2) is 6.38. The van der Waals surface area contributed by atoms with Crippen LogP contribution in [0.4, 0.5) is 10.1 Å². The van der Waals surface area contributed by atoms with Crippen molar-refractivity contribution in [3.63, 3.8) is 0 Å². The number of hydrogen-bond acceptors (Lipinski definition) is 2. The van der Waals surface area contributed by atoms with Crippen LogP contribution in [0, 0.1) is 12.7 Å². The van der Waals surface area contributed by atoms with Gasteiger partial charge in [-0.2, -0.15) is 0 Å². The Kier molecular flexibility index (Phi) is 5.13. The van der Waals surface area contributed by atoms with Gasteiger partial charge in [0, 0.05) is 29.9 Å². The Hall–Kier alpha value is -1.58. The molecule has 0 atom stereocenters. The number of amides is 1. The molecule has 100 valence electrons. The molecule has 0 unspecified atom stereocenters. The van der Waals surface area contributed by atoms with Crippen LogP contribution in [0.2, 0.25) is 0 Å². The topological polar surface area (TPSA) is 46.3 Å². The Balaban J connectivity index is 2.95. The number of anilines is 1. The highest BCUT2D eigenvalue weighted by Gasteiger charge is 2.16. The van der Waals surface area contributed by atoms with Gasteiger partial charge in [0.25, 0.3) is 5.91 Å². The van der Waals surface area contributed by atoms with E-state index in [9.17, 15) is 9.18 Å². The van der Waals surface area contributed by atoms with Crippen molar-refractivity contribution in [1.82, 2.24) is 4.90 Å². The van der Waals surface area contributed by atoms with Crippen molar-refractivity contribution in [1.29, 1.82) is 0 Å². The zero-order valence-corrected chi connectivity index (χ0v) is 11.3. The van der Waals surface area contributed by atoms with Crippen molar-refractivity contribution in [3.8, 4) is 0 Å². The zero-order chi connectivity index (χ0) is 13.7. The lowest BCUT2D eigenvalue weighted by Gasteiger charge is -2.21. The molecule has 0 aliphatic heterocycles. The van der Waals surface area contributed by atoms with Crippen LogP contribution in [0.25, 0.3) is 0 Å². The summed E-state index contributed by atoms with van der Waals surface area (Å²) in [5.41, 5.74) is 6.73. The van der Waals surface area contributed by atoms with Crippen LogP contribution in [0.3, 0.4) is 0 Å². The number of rotatable bonds is 5. The number of nitrogens with zero attached hydrogens (tertiary/aromatic N) is 1. The molecule has 1 aromatic rings. The number of nitrogen functional groups attached to an aromatic ring is 1. The summed E-state index contributed by atoms with van der Waals surface area (Å²) in [5.74, 6) is -0.582. The van der Waals surface area contributed by atoms with Crippen molar-refractivity contribution in [2.75, 3.05) is 18.8 Å². The smallest absolute Gasteiger partial charge is 0.254 e. The highest BCUT2D eigenvalue weighted by Crippen LogP contribution is 2.19. The van der Waals surface area contributed by atoms with Crippen LogP contribution in [0.15, 0.2) is 12.1 Å². The normalized spacial score (nSPS) is 10.4. The second-order valence-corrected chi connectivity index (χ2v) is 4.41. The van der Waals surface area contributed by atoms with Crippen molar-refractivity contribution < 1.29 is 9.18 Å². The zero-order valence-electron chi connectivity index (χ0n) is 11.3. The maximum absolute atomic E-state index is 13.6. The molecule has 0 aliphatic rings. The Morgan fingerprint density at radius 2 is 2.06 bits per heavy atom. The number of carbonyl (C=O) groups is 1. The predicted molar refractivity (Wildman–Crippen MR) is 72.0 cm³/mol. The first-order valence-corrected chi connectivity index (χ1v) is 6.36. The Morgan fingerprint density at radius 1 is 1.39 bits per heavy atom. The summed E-state index contributed by atoms with van der Waals surface area (Å²) in [4.78, 5) is 13.9. The van der Waals surface area contributed by atoms with Gasteiger partial charge in [0.05, 0.1) is 0 Å². The highest BCUT2D eigenvalue weighted by molar-refractivity contribution is 5.95. The number of carbonyl (C=O) groups excluding carboxylic acids is 1. The van der Waals surface area contributed by atoms with Gasteiger partial charge in [0.1, 0.15) is 5.82 Å². The third kappa shape index (κ3) is 3.22. The monoisotopic (exact) mass is 252 g/mol. The first-order valence-electron chi connectivity index (χ1n) is 6.36. The summed E-state index contributed by atoms with van der Waals surface area (Å²) in [7, 11) is 0. The highest BCUT2D eigenvalue weighted by atomic mass is 19.1. The maximum atomic E-state index is 13.6. The number of halogens is 1. The van der Waals surface area contributed by atoms with Gasteiger partial charge < -0.3 is 10.6 Å². The van der Waals surface area contributed by atoms with Crippen LogP contribution in [0.5, 0.6) is 0 Å². The molecule has 1 amide bonds. The molecule has 0 aliphatic carbocycles. The Labute approximate surface area is 108 Å². The minimum atomic E-state index is -0.426. The third-order valence-corrected chi connectivity index (χ3v) is 3.08. The Bertz CT molecular complexity index is 409. The molecule has 0 spiro atoms. The minimum absolute atomic E-state index is 0.156. The molecule has 0 heterocycles. The van der Waals surface area contributed by atoms with Gasteiger partial charge in [-0.15, -0.1) is 0 Å². The van der Waals surface area contributed by atoms with E-state index in [0.29, 0.717) is 29.9 Å². The standard InChI is InChI=1S/C14H21FN2O/c1-4-6-7-17(5-2)14(18)11-8-12(15)10(3)13(16)9-11/h8-9H,4-7,16H2,1-3H3. The second-order valence-electron chi connectivity index (χ2n) is 4.41. The van der Waals surface area contributed by atoms with Gasteiger partial charge in [0.2, 0.25) is 0 Å². The molecule has 0 saturated carbocycles. The fourth-order valence-electron chi connectivity index (χ4n) is 1.76. The van der Waals surface area contributed by atoms with Crippen molar-refractivity contribution >= 4 is 11.6 Å². The number of benzene rings is 1. The molecule has 18 heavy (non-hydrogen) atoms. The van der Waals surface area contributed by atoms with Gasteiger partial charge in [-0.25, -0.2) is 4.39 Å².